The molecule has 1 aromatic rings. The number of anilines is 1. The van der Waals surface area contributed by atoms with Crippen molar-refractivity contribution in [1.82, 2.24) is 5.32 Å². The first-order chi connectivity index (χ1) is 7.87. The molecular formula is C12H18N2O2S. The van der Waals surface area contributed by atoms with E-state index in [0.29, 0.717) is 11.7 Å². The smallest absolute Gasteiger partial charge is 0.229 e. The lowest BCUT2D eigenvalue weighted by Crippen LogP contribution is -2.14. The first kappa shape index (κ1) is 13.6. The van der Waals surface area contributed by atoms with Crippen LogP contribution in [0.1, 0.15) is 19.4 Å². The maximum atomic E-state index is 11.0. The van der Waals surface area contributed by atoms with Gasteiger partial charge in [-0.15, -0.1) is 0 Å². The molecule has 0 fully saturated rings. The van der Waals surface area contributed by atoms with Gasteiger partial charge in [0.1, 0.15) is 0 Å². The molecule has 1 rings (SSSR count). The highest BCUT2D eigenvalue weighted by Crippen LogP contribution is 2.11. The Labute approximate surface area is 103 Å². The quantitative estimate of drug-likeness (QED) is 0.845. The van der Waals surface area contributed by atoms with Crippen molar-refractivity contribution in [3.05, 3.63) is 36.0 Å². The van der Waals surface area contributed by atoms with Crippen molar-refractivity contribution >= 4 is 21.8 Å². The summed E-state index contributed by atoms with van der Waals surface area (Å²) >= 11 is 0. The Balaban J connectivity index is 2.65. The molecule has 0 aliphatic carbocycles. The highest BCUT2D eigenvalue weighted by atomic mass is 32.2. The Bertz CT molecular complexity index is 476. The van der Waals surface area contributed by atoms with E-state index in [4.69, 9.17) is 0 Å². The van der Waals surface area contributed by atoms with Crippen molar-refractivity contribution in [2.75, 3.05) is 11.0 Å². The fourth-order valence-electron chi connectivity index (χ4n) is 1.21. The van der Waals surface area contributed by atoms with Crippen LogP contribution >= 0.6 is 0 Å². The van der Waals surface area contributed by atoms with Gasteiger partial charge in [0, 0.05) is 11.7 Å². The molecular weight excluding hydrogens is 236 g/mol. The molecule has 0 unspecified atom stereocenters. The zero-order valence-corrected chi connectivity index (χ0v) is 11.1. The molecule has 4 nitrogen and oxygen atoms in total. The van der Waals surface area contributed by atoms with Gasteiger partial charge in [0.15, 0.2) is 0 Å². The van der Waals surface area contributed by atoms with Crippen LogP contribution < -0.4 is 10.0 Å². The predicted octanol–water partition coefficient (Wildman–Crippen LogP) is 2.03. The number of benzene rings is 1. The normalized spacial score (nSPS) is 12.0. The summed E-state index contributed by atoms with van der Waals surface area (Å²) in [6.45, 7) is 4.12. The molecule has 0 heterocycles. The summed E-state index contributed by atoms with van der Waals surface area (Å²) in [6, 6.07) is 7.57. The predicted molar refractivity (Wildman–Crippen MR) is 72.2 cm³/mol. The van der Waals surface area contributed by atoms with Crippen LogP contribution in [-0.2, 0) is 10.0 Å². The van der Waals surface area contributed by atoms with Gasteiger partial charge in [-0.2, -0.15) is 0 Å². The van der Waals surface area contributed by atoms with E-state index in [9.17, 15) is 8.42 Å². The topological polar surface area (TPSA) is 58.2 Å². The van der Waals surface area contributed by atoms with Gasteiger partial charge in [-0.1, -0.05) is 12.1 Å². The van der Waals surface area contributed by atoms with Crippen LogP contribution in [0.4, 0.5) is 5.69 Å². The lowest BCUT2D eigenvalue weighted by molar-refractivity contribution is 0.607. The number of nitrogens with one attached hydrogen (secondary N) is 2. The third-order valence-corrected chi connectivity index (χ3v) is 2.53. The number of hydrogen-bond acceptors (Lipinski definition) is 3. The first-order valence-electron chi connectivity index (χ1n) is 5.37. The molecule has 0 saturated heterocycles. The Kier molecular flexibility index (Phi) is 4.57. The largest absolute Gasteiger partial charge is 0.389 e. The monoisotopic (exact) mass is 254 g/mol. The van der Waals surface area contributed by atoms with Gasteiger partial charge in [0.2, 0.25) is 10.0 Å². The minimum absolute atomic E-state index is 0.400. The van der Waals surface area contributed by atoms with Crippen molar-refractivity contribution in [3.8, 4) is 0 Å². The molecule has 0 aliphatic rings. The molecule has 0 amide bonds. The zero-order valence-electron chi connectivity index (χ0n) is 10.3. The molecule has 2 N–H and O–H groups in total. The average molecular weight is 254 g/mol. The Morgan fingerprint density at radius 3 is 2.24 bits per heavy atom. The van der Waals surface area contributed by atoms with E-state index in [0.717, 1.165) is 11.8 Å². The Hall–Kier alpha value is -1.49. The number of hydrogen-bond donors (Lipinski definition) is 2. The Morgan fingerprint density at radius 1 is 1.18 bits per heavy atom. The molecule has 94 valence electrons. The van der Waals surface area contributed by atoms with Gasteiger partial charge in [-0.3, -0.25) is 4.72 Å². The second-order valence-electron chi connectivity index (χ2n) is 4.15. The van der Waals surface area contributed by atoms with Crippen molar-refractivity contribution in [2.45, 2.75) is 19.9 Å². The van der Waals surface area contributed by atoms with Gasteiger partial charge >= 0.3 is 0 Å². The second kappa shape index (κ2) is 5.72. The molecule has 0 bridgehead atoms. The van der Waals surface area contributed by atoms with E-state index in [-0.39, 0.29) is 0 Å². The van der Waals surface area contributed by atoms with Crippen molar-refractivity contribution < 1.29 is 8.42 Å². The summed E-state index contributed by atoms with van der Waals surface area (Å²) in [5.41, 5.74) is 1.58. The molecule has 0 saturated carbocycles. The fourth-order valence-corrected chi connectivity index (χ4v) is 1.78. The van der Waals surface area contributed by atoms with E-state index >= 15 is 0 Å². The van der Waals surface area contributed by atoms with Crippen molar-refractivity contribution in [1.29, 1.82) is 0 Å². The van der Waals surface area contributed by atoms with Crippen LogP contribution in [0.15, 0.2) is 30.5 Å². The van der Waals surface area contributed by atoms with Gasteiger partial charge in [0.25, 0.3) is 0 Å². The third-order valence-electron chi connectivity index (χ3n) is 1.92. The van der Waals surface area contributed by atoms with Crippen LogP contribution in [-0.4, -0.2) is 20.7 Å². The van der Waals surface area contributed by atoms with Crippen LogP contribution in [0.3, 0.4) is 0 Å². The van der Waals surface area contributed by atoms with Crippen molar-refractivity contribution in [2.24, 2.45) is 0 Å². The lowest BCUT2D eigenvalue weighted by atomic mass is 10.2. The van der Waals surface area contributed by atoms with E-state index in [1.807, 2.05) is 24.4 Å². The minimum Gasteiger partial charge on any atom is -0.389 e. The van der Waals surface area contributed by atoms with Gasteiger partial charge in [-0.05, 0) is 43.8 Å². The maximum absolute atomic E-state index is 11.0. The summed E-state index contributed by atoms with van der Waals surface area (Å²) in [5.74, 6) is 0. The Morgan fingerprint density at radius 2 is 1.76 bits per heavy atom. The highest BCUT2D eigenvalue weighted by Gasteiger charge is 2.00. The molecule has 0 aromatic heterocycles. The maximum Gasteiger partial charge on any atom is 0.229 e. The zero-order chi connectivity index (χ0) is 12.9. The third kappa shape index (κ3) is 5.97. The van der Waals surface area contributed by atoms with Crippen LogP contribution in [0, 0.1) is 0 Å². The molecule has 0 atom stereocenters. The summed E-state index contributed by atoms with van der Waals surface area (Å²) in [5, 5.41) is 3.15. The second-order valence-corrected chi connectivity index (χ2v) is 5.90. The molecule has 17 heavy (non-hydrogen) atoms. The molecule has 1 aromatic carbocycles. The standard InChI is InChI=1S/C12H18N2O2S/c1-10(2)13-9-8-11-4-6-12(7-5-11)14-17(3,15)16/h4-10,13-14H,1-3H3/b9-8+. The van der Waals surface area contributed by atoms with Gasteiger partial charge in [-0.25, -0.2) is 8.42 Å². The molecule has 5 heteroatoms. The fraction of sp³-hybridized carbons (Fsp3) is 0.333. The van der Waals surface area contributed by atoms with E-state index < -0.39 is 10.0 Å². The number of rotatable bonds is 5. The minimum atomic E-state index is -3.20. The van der Waals surface area contributed by atoms with E-state index in [1.54, 1.807) is 12.1 Å². The van der Waals surface area contributed by atoms with E-state index in [2.05, 4.69) is 23.9 Å². The summed E-state index contributed by atoms with van der Waals surface area (Å²) in [6.07, 6.45) is 4.95. The highest BCUT2D eigenvalue weighted by molar-refractivity contribution is 7.92. The number of sulfonamides is 1. The summed E-state index contributed by atoms with van der Waals surface area (Å²) in [7, 11) is -3.20. The molecule has 0 radical (unpaired) electrons. The summed E-state index contributed by atoms with van der Waals surface area (Å²) < 4.78 is 24.4. The van der Waals surface area contributed by atoms with Crippen LogP contribution in [0.5, 0.6) is 0 Å². The van der Waals surface area contributed by atoms with Crippen LogP contribution in [0.2, 0.25) is 0 Å². The summed E-state index contributed by atoms with van der Waals surface area (Å²) in [4.78, 5) is 0. The average Bonchev–Trinajstić information content (AvgIpc) is 2.18. The van der Waals surface area contributed by atoms with E-state index in [1.165, 1.54) is 0 Å². The molecule has 0 spiro atoms. The molecule has 0 aliphatic heterocycles. The SMILES string of the molecule is CC(C)N/C=C/c1ccc(NS(C)(=O)=O)cc1. The first-order valence-corrected chi connectivity index (χ1v) is 7.26. The lowest BCUT2D eigenvalue weighted by Gasteiger charge is -2.04. The van der Waals surface area contributed by atoms with Crippen LogP contribution in [0.25, 0.3) is 6.08 Å². The van der Waals surface area contributed by atoms with Gasteiger partial charge in [0.05, 0.1) is 6.26 Å². The van der Waals surface area contributed by atoms with Gasteiger partial charge < -0.3 is 5.32 Å². The van der Waals surface area contributed by atoms with Crippen molar-refractivity contribution in [3.63, 3.8) is 0 Å².